The van der Waals surface area contributed by atoms with E-state index in [0.717, 1.165) is 0 Å². The van der Waals surface area contributed by atoms with Gasteiger partial charge in [-0.15, -0.1) is 0 Å². The van der Waals surface area contributed by atoms with E-state index in [1.807, 2.05) is 0 Å². The molecule has 11 heavy (non-hydrogen) atoms. The molecule has 6 heteroatoms. The Morgan fingerprint density at radius 3 is 2.82 bits per heavy atom. The number of nitrogens with zero attached hydrogens (tertiary/aromatic N) is 2. The standard InChI is InChI=1S/C5H4FN3O2/c6-2-1-8-3(4(7)10)5(11)9-2/h1,3H,(H2,7,10). The Kier molecular flexibility index (Phi) is 1.75. The van der Waals surface area contributed by atoms with Gasteiger partial charge in [-0.05, 0) is 0 Å². The number of halogens is 1. The van der Waals surface area contributed by atoms with Crippen LogP contribution in [0.25, 0.3) is 0 Å². The first-order chi connectivity index (χ1) is 5.11. The molecule has 0 saturated heterocycles. The first kappa shape index (κ1) is 7.52. The quantitative estimate of drug-likeness (QED) is 0.486. The van der Waals surface area contributed by atoms with Crippen LogP contribution in [-0.2, 0) is 9.59 Å². The highest BCUT2D eigenvalue weighted by Gasteiger charge is 2.25. The number of aliphatic imine (C=N–C) groups is 2. The van der Waals surface area contributed by atoms with E-state index < -0.39 is 23.8 Å². The van der Waals surface area contributed by atoms with Gasteiger partial charge in [0.15, 0.2) is 0 Å². The first-order valence-corrected chi connectivity index (χ1v) is 2.72. The molecule has 0 aromatic carbocycles. The lowest BCUT2D eigenvalue weighted by molar-refractivity contribution is -0.127. The van der Waals surface area contributed by atoms with Crippen molar-refractivity contribution in [2.45, 2.75) is 6.04 Å². The Morgan fingerprint density at radius 1 is 1.73 bits per heavy atom. The second kappa shape index (κ2) is 2.57. The van der Waals surface area contributed by atoms with Gasteiger partial charge in [-0.25, -0.2) is 0 Å². The molecule has 1 unspecified atom stereocenters. The van der Waals surface area contributed by atoms with Crippen molar-refractivity contribution in [2.75, 3.05) is 0 Å². The van der Waals surface area contributed by atoms with E-state index in [0.29, 0.717) is 6.21 Å². The number of carbonyl (C=O) groups excluding carboxylic acids is 2. The smallest absolute Gasteiger partial charge is 0.282 e. The highest BCUT2D eigenvalue weighted by Crippen LogP contribution is 1.99. The third-order valence-corrected chi connectivity index (χ3v) is 1.05. The summed E-state index contributed by atoms with van der Waals surface area (Å²) in [5.41, 5.74) is 4.74. The Labute approximate surface area is 60.8 Å². The number of hydrogen-bond acceptors (Lipinski definition) is 3. The van der Waals surface area contributed by atoms with Crippen molar-refractivity contribution in [1.82, 2.24) is 0 Å². The van der Waals surface area contributed by atoms with Gasteiger partial charge in [0.25, 0.3) is 11.8 Å². The molecule has 1 rings (SSSR count). The van der Waals surface area contributed by atoms with Crippen LogP contribution in [0.5, 0.6) is 0 Å². The number of amides is 2. The van der Waals surface area contributed by atoms with Gasteiger partial charge in [-0.2, -0.15) is 9.38 Å². The Morgan fingerprint density at radius 2 is 2.36 bits per heavy atom. The Bertz CT molecular complexity index is 271. The molecule has 5 nitrogen and oxygen atoms in total. The van der Waals surface area contributed by atoms with E-state index >= 15 is 0 Å². The Balaban J connectivity index is 2.86. The van der Waals surface area contributed by atoms with E-state index in [-0.39, 0.29) is 0 Å². The molecule has 0 spiro atoms. The summed E-state index contributed by atoms with van der Waals surface area (Å²) in [4.78, 5) is 27.1. The zero-order valence-corrected chi connectivity index (χ0v) is 5.32. The molecule has 0 radical (unpaired) electrons. The van der Waals surface area contributed by atoms with Gasteiger partial charge >= 0.3 is 0 Å². The van der Waals surface area contributed by atoms with Crippen LogP contribution in [0.3, 0.4) is 0 Å². The second-order valence-electron chi connectivity index (χ2n) is 1.86. The molecule has 1 heterocycles. The van der Waals surface area contributed by atoms with Crippen LogP contribution in [0.2, 0.25) is 0 Å². The van der Waals surface area contributed by atoms with Crippen molar-refractivity contribution in [3.63, 3.8) is 0 Å². The maximum absolute atomic E-state index is 12.1. The third kappa shape index (κ3) is 1.46. The second-order valence-corrected chi connectivity index (χ2v) is 1.86. The average Bonchev–Trinajstić information content (AvgIpc) is 1.85. The number of hydrogen-bond donors (Lipinski definition) is 1. The van der Waals surface area contributed by atoms with Crippen molar-refractivity contribution in [1.29, 1.82) is 0 Å². The predicted molar refractivity (Wildman–Crippen MR) is 35.0 cm³/mol. The van der Waals surface area contributed by atoms with E-state index in [9.17, 15) is 14.0 Å². The Hall–Kier alpha value is -1.59. The summed E-state index contributed by atoms with van der Waals surface area (Å²) in [6, 6.07) is -1.35. The summed E-state index contributed by atoms with van der Waals surface area (Å²) in [7, 11) is 0. The highest BCUT2D eigenvalue weighted by molar-refractivity contribution is 6.31. The van der Waals surface area contributed by atoms with Crippen LogP contribution >= 0.6 is 0 Å². The van der Waals surface area contributed by atoms with Crippen LogP contribution in [0.15, 0.2) is 9.98 Å². The molecule has 1 aliphatic heterocycles. The first-order valence-electron chi connectivity index (χ1n) is 2.72. The molecule has 58 valence electrons. The van der Waals surface area contributed by atoms with E-state index in [2.05, 4.69) is 9.98 Å². The summed E-state index contributed by atoms with van der Waals surface area (Å²) in [6.45, 7) is 0. The maximum atomic E-state index is 12.1. The minimum Gasteiger partial charge on any atom is -0.367 e. The number of primary amides is 1. The van der Waals surface area contributed by atoms with Gasteiger partial charge < -0.3 is 5.73 Å². The topological polar surface area (TPSA) is 84.9 Å². The predicted octanol–water partition coefficient (Wildman–Crippen LogP) is -1.18. The van der Waals surface area contributed by atoms with Crippen LogP contribution in [0, 0.1) is 0 Å². The van der Waals surface area contributed by atoms with E-state index in [1.54, 1.807) is 0 Å². The average molecular weight is 157 g/mol. The lowest BCUT2D eigenvalue weighted by Crippen LogP contribution is -2.35. The fourth-order valence-electron chi connectivity index (χ4n) is 0.590. The fourth-order valence-corrected chi connectivity index (χ4v) is 0.590. The van der Waals surface area contributed by atoms with Gasteiger partial charge in [-0.3, -0.25) is 14.6 Å². The van der Waals surface area contributed by atoms with Crippen molar-refractivity contribution in [3.8, 4) is 0 Å². The maximum Gasteiger partial charge on any atom is 0.282 e. The molecule has 1 aliphatic rings. The summed E-state index contributed by atoms with van der Waals surface area (Å²) in [5.74, 6) is -2.90. The van der Waals surface area contributed by atoms with Crippen LogP contribution < -0.4 is 5.73 Å². The van der Waals surface area contributed by atoms with Crippen molar-refractivity contribution < 1.29 is 14.0 Å². The molecule has 0 fully saturated rings. The summed E-state index contributed by atoms with van der Waals surface area (Å²) >= 11 is 0. The van der Waals surface area contributed by atoms with Gasteiger partial charge in [-0.1, -0.05) is 0 Å². The molecular formula is C5H4FN3O2. The normalized spacial score (nSPS) is 23.2. The number of rotatable bonds is 1. The van der Waals surface area contributed by atoms with Crippen LogP contribution in [-0.4, -0.2) is 30.0 Å². The third-order valence-electron chi connectivity index (χ3n) is 1.05. The number of carbonyl (C=O) groups is 2. The molecule has 1 atom stereocenters. The number of nitrogens with two attached hydrogens (primary N) is 1. The highest BCUT2D eigenvalue weighted by atomic mass is 19.1. The minimum atomic E-state index is -1.35. The van der Waals surface area contributed by atoms with Gasteiger partial charge in [0, 0.05) is 0 Å². The summed E-state index contributed by atoms with van der Waals surface area (Å²) in [6.07, 6.45) is 0.691. The molecule has 0 bridgehead atoms. The van der Waals surface area contributed by atoms with Crippen molar-refractivity contribution in [3.05, 3.63) is 0 Å². The molecule has 0 aromatic heterocycles. The van der Waals surface area contributed by atoms with Crippen LogP contribution in [0.4, 0.5) is 4.39 Å². The van der Waals surface area contributed by atoms with Gasteiger partial charge in [0.05, 0.1) is 6.21 Å². The lowest BCUT2D eigenvalue weighted by Gasteiger charge is -2.05. The molecule has 0 saturated carbocycles. The van der Waals surface area contributed by atoms with Crippen molar-refractivity contribution in [2.24, 2.45) is 15.7 Å². The largest absolute Gasteiger partial charge is 0.367 e. The zero-order valence-electron chi connectivity index (χ0n) is 5.32. The van der Waals surface area contributed by atoms with E-state index in [4.69, 9.17) is 5.73 Å². The molecular weight excluding hydrogens is 153 g/mol. The monoisotopic (exact) mass is 157 g/mol. The zero-order chi connectivity index (χ0) is 8.43. The summed E-state index contributed by atoms with van der Waals surface area (Å²) < 4.78 is 12.1. The lowest BCUT2D eigenvalue weighted by atomic mass is 10.2. The molecule has 2 N–H and O–H groups in total. The van der Waals surface area contributed by atoms with E-state index in [1.165, 1.54) is 0 Å². The van der Waals surface area contributed by atoms with Gasteiger partial charge in [0.1, 0.15) is 0 Å². The SMILES string of the molecule is NC(=O)C1N=CC(F)=NC1=O. The molecule has 2 amide bonds. The summed E-state index contributed by atoms with van der Waals surface area (Å²) in [5, 5.41) is 0. The molecule has 0 aliphatic carbocycles. The molecule has 0 aromatic rings. The van der Waals surface area contributed by atoms with Crippen molar-refractivity contribution >= 4 is 24.0 Å². The van der Waals surface area contributed by atoms with Crippen LogP contribution in [0.1, 0.15) is 0 Å². The minimum absolute atomic E-state index is 0.691. The van der Waals surface area contributed by atoms with Gasteiger partial charge in [0.2, 0.25) is 12.0 Å². The fraction of sp³-hybridized carbons (Fsp3) is 0.200.